The molecule has 0 fully saturated rings. The third kappa shape index (κ3) is 5.21. The monoisotopic (exact) mass is 428 g/mol. The van der Waals surface area contributed by atoms with Crippen LogP contribution in [0.2, 0.25) is 5.02 Å². The van der Waals surface area contributed by atoms with Gasteiger partial charge in [0.25, 0.3) is 11.6 Å². The molecular formula is C21H21ClN4O4. The van der Waals surface area contributed by atoms with Crippen LogP contribution in [0, 0.1) is 16.0 Å². The molecule has 0 aliphatic heterocycles. The number of hydrogen-bond donors (Lipinski definition) is 0. The first-order valence-corrected chi connectivity index (χ1v) is 9.84. The number of hydrogen-bond acceptors (Lipinski definition) is 6. The van der Waals surface area contributed by atoms with Crippen molar-refractivity contribution in [3.63, 3.8) is 0 Å². The fourth-order valence-electron chi connectivity index (χ4n) is 2.98. The van der Waals surface area contributed by atoms with E-state index in [0.717, 1.165) is 0 Å². The number of carbonyl (C=O) groups excluding carboxylic acids is 1. The molecule has 0 spiro atoms. The summed E-state index contributed by atoms with van der Waals surface area (Å²) in [6.07, 6.45) is 0.352. The molecule has 1 heterocycles. The Morgan fingerprint density at radius 2 is 2.00 bits per heavy atom. The topological polar surface area (TPSA) is 102 Å². The molecule has 0 aliphatic rings. The summed E-state index contributed by atoms with van der Waals surface area (Å²) >= 11 is 6.19. The van der Waals surface area contributed by atoms with Gasteiger partial charge in [0.15, 0.2) is 0 Å². The Balaban J connectivity index is 1.74. The fourth-order valence-corrected chi connectivity index (χ4v) is 3.20. The third-order valence-electron chi connectivity index (χ3n) is 4.36. The van der Waals surface area contributed by atoms with E-state index in [9.17, 15) is 14.9 Å². The Kier molecular flexibility index (Phi) is 6.79. The van der Waals surface area contributed by atoms with Crippen LogP contribution in [0.5, 0.6) is 0 Å². The van der Waals surface area contributed by atoms with E-state index in [1.807, 2.05) is 13.8 Å². The van der Waals surface area contributed by atoms with Gasteiger partial charge in [0.1, 0.15) is 0 Å². The number of nitrogens with zero attached hydrogens (tertiary/aromatic N) is 4. The molecule has 9 heteroatoms. The number of rotatable bonds is 8. The van der Waals surface area contributed by atoms with E-state index >= 15 is 0 Å². The molecule has 1 amide bonds. The standard InChI is InChI=1S/C21H21ClN4O4/c1-14(2)13-25(21(27)17-8-3-4-9-18(17)22)11-10-19-23-20(24-30-19)15-6-5-7-16(12-15)26(28)29/h3-9,12,14H,10-11,13H2,1-2H3. The van der Waals surface area contributed by atoms with Gasteiger partial charge in [0.05, 0.1) is 15.5 Å². The first kappa shape index (κ1) is 21.4. The first-order chi connectivity index (χ1) is 14.3. The lowest BCUT2D eigenvalue weighted by atomic mass is 10.1. The SMILES string of the molecule is CC(C)CN(CCc1nc(-c2cccc([N+](=O)[O-])c2)no1)C(=O)c1ccccc1Cl. The van der Waals surface area contributed by atoms with Crippen molar-refractivity contribution in [3.8, 4) is 11.4 Å². The number of nitro groups is 1. The highest BCUT2D eigenvalue weighted by molar-refractivity contribution is 6.33. The molecule has 30 heavy (non-hydrogen) atoms. The zero-order chi connectivity index (χ0) is 21.7. The molecular weight excluding hydrogens is 408 g/mol. The van der Waals surface area contributed by atoms with Gasteiger partial charge in [-0.25, -0.2) is 0 Å². The number of non-ortho nitro benzene ring substituents is 1. The van der Waals surface area contributed by atoms with E-state index < -0.39 is 4.92 Å². The van der Waals surface area contributed by atoms with E-state index in [1.54, 1.807) is 41.3 Å². The van der Waals surface area contributed by atoms with Crippen molar-refractivity contribution >= 4 is 23.2 Å². The highest BCUT2D eigenvalue weighted by Crippen LogP contribution is 2.22. The third-order valence-corrected chi connectivity index (χ3v) is 4.69. The van der Waals surface area contributed by atoms with Gasteiger partial charge in [0.2, 0.25) is 11.7 Å². The molecule has 3 rings (SSSR count). The maximum Gasteiger partial charge on any atom is 0.270 e. The number of benzene rings is 2. The van der Waals surface area contributed by atoms with Gasteiger partial charge in [-0.3, -0.25) is 14.9 Å². The lowest BCUT2D eigenvalue weighted by Gasteiger charge is -2.24. The summed E-state index contributed by atoms with van der Waals surface area (Å²) < 4.78 is 5.29. The number of halogens is 1. The van der Waals surface area contributed by atoms with Gasteiger partial charge < -0.3 is 9.42 Å². The van der Waals surface area contributed by atoms with Gasteiger partial charge in [-0.1, -0.05) is 54.9 Å². The lowest BCUT2D eigenvalue weighted by Crippen LogP contribution is -2.36. The quantitative estimate of drug-likeness (QED) is 0.382. The average molecular weight is 429 g/mol. The smallest absolute Gasteiger partial charge is 0.270 e. The van der Waals surface area contributed by atoms with Gasteiger partial charge in [0, 0.05) is 37.2 Å². The second-order valence-electron chi connectivity index (χ2n) is 7.19. The van der Waals surface area contributed by atoms with Crippen molar-refractivity contribution in [3.05, 3.63) is 75.1 Å². The first-order valence-electron chi connectivity index (χ1n) is 9.46. The van der Waals surface area contributed by atoms with E-state index in [-0.39, 0.29) is 23.3 Å². The van der Waals surface area contributed by atoms with Crippen LogP contribution in [0.3, 0.4) is 0 Å². The van der Waals surface area contributed by atoms with Crippen molar-refractivity contribution in [1.29, 1.82) is 0 Å². The van der Waals surface area contributed by atoms with E-state index in [2.05, 4.69) is 10.1 Å². The van der Waals surface area contributed by atoms with Crippen LogP contribution in [0.4, 0.5) is 5.69 Å². The minimum absolute atomic E-state index is 0.0488. The molecule has 0 radical (unpaired) electrons. The minimum Gasteiger partial charge on any atom is -0.339 e. The molecule has 2 aromatic carbocycles. The van der Waals surface area contributed by atoms with Gasteiger partial charge in [-0.2, -0.15) is 4.98 Å². The Morgan fingerprint density at radius 1 is 1.23 bits per heavy atom. The predicted octanol–water partition coefficient (Wildman–Crippen LogP) is 4.64. The molecule has 0 saturated heterocycles. The summed E-state index contributed by atoms with van der Waals surface area (Å²) in [5.41, 5.74) is 0.889. The Hall–Kier alpha value is -3.26. The zero-order valence-corrected chi connectivity index (χ0v) is 17.4. The molecule has 0 bridgehead atoms. The maximum atomic E-state index is 13.0. The van der Waals surface area contributed by atoms with Crippen molar-refractivity contribution in [2.24, 2.45) is 5.92 Å². The number of aromatic nitrogens is 2. The summed E-state index contributed by atoms with van der Waals surface area (Å²) in [5, 5.41) is 15.3. The molecule has 156 valence electrons. The second kappa shape index (κ2) is 9.49. The summed E-state index contributed by atoms with van der Waals surface area (Å²) in [4.78, 5) is 29.5. The summed E-state index contributed by atoms with van der Waals surface area (Å²) in [7, 11) is 0. The minimum atomic E-state index is -0.478. The Labute approximate surface area is 178 Å². The van der Waals surface area contributed by atoms with Gasteiger partial charge >= 0.3 is 0 Å². The largest absolute Gasteiger partial charge is 0.339 e. The maximum absolute atomic E-state index is 13.0. The number of carbonyl (C=O) groups is 1. The lowest BCUT2D eigenvalue weighted by molar-refractivity contribution is -0.384. The molecule has 0 atom stereocenters. The van der Waals surface area contributed by atoms with E-state index in [4.69, 9.17) is 16.1 Å². The summed E-state index contributed by atoms with van der Waals surface area (Å²) in [6, 6.07) is 13.0. The summed E-state index contributed by atoms with van der Waals surface area (Å²) in [6.45, 7) is 4.98. The molecule has 0 saturated carbocycles. The normalized spacial score (nSPS) is 10.9. The van der Waals surface area contributed by atoms with Crippen LogP contribution in [0.15, 0.2) is 53.1 Å². The van der Waals surface area contributed by atoms with Crippen LogP contribution >= 0.6 is 11.6 Å². The molecule has 0 unspecified atom stereocenters. The zero-order valence-electron chi connectivity index (χ0n) is 16.6. The summed E-state index contributed by atoms with van der Waals surface area (Å²) in [5.74, 6) is 0.714. The highest BCUT2D eigenvalue weighted by Gasteiger charge is 2.20. The highest BCUT2D eigenvalue weighted by atomic mass is 35.5. The molecule has 0 aliphatic carbocycles. The van der Waals surface area contributed by atoms with Crippen molar-refractivity contribution in [2.45, 2.75) is 20.3 Å². The molecule has 3 aromatic rings. The van der Waals surface area contributed by atoms with Crippen LogP contribution in [-0.2, 0) is 6.42 Å². The van der Waals surface area contributed by atoms with E-state index in [1.165, 1.54) is 12.1 Å². The molecule has 1 aromatic heterocycles. The molecule has 0 N–H and O–H groups in total. The average Bonchev–Trinajstić information content (AvgIpc) is 3.20. The Morgan fingerprint density at radius 3 is 2.70 bits per heavy atom. The predicted molar refractivity (Wildman–Crippen MR) is 112 cm³/mol. The van der Waals surface area contributed by atoms with E-state index in [0.29, 0.717) is 41.6 Å². The Bertz CT molecular complexity index is 1050. The van der Waals surface area contributed by atoms with Crippen LogP contribution in [-0.4, -0.2) is 39.0 Å². The van der Waals surface area contributed by atoms with Crippen LogP contribution in [0.25, 0.3) is 11.4 Å². The van der Waals surface area contributed by atoms with Crippen LogP contribution in [0.1, 0.15) is 30.1 Å². The second-order valence-corrected chi connectivity index (χ2v) is 7.60. The van der Waals surface area contributed by atoms with Crippen molar-refractivity contribution in [2.75, 3.05) is 13.1 Å². The van der Waals surface area contributed by atoms with Crippen molar-refractivity contribution in [1.82, 2.24) is 15.0 Å². The van der Waals surface area contributed by atoms with Gasteiger partial charge in [-0.15, -0.1) is 0 Å². The number of nitro benzene ring substituents is 1. The molecule has 8 nitrogen and oxygen atoms in total. The number of amides is 1. The van der Waals surface area contributed by atoms with Gasteiger partial charge in [-0.05, 0) is 18.1 Å². The fraction of sp³-hybridized carbons (Fsp3) is 0.286. The van der Waals surface area contributed by atoms with Crippen LogP contribution < -0.4 is 0 Å². The van der Waals surface area contributed by atoms with Crippen molar-refractivity contribution < 1.29 is 14.2 Å².